The average Bonchev–Trinajstić information content (AvgIpc) is 2.28. The zero-order valence-corrected chi connectivity index (χ0v) is 9.91. The molecule has 2 heteroatoms. The fourth-order valence-corrected chi connectivity index (χ4v) is 1.37. The molecule has 0 N–H and O–H groups in total. The molecule has 0 saturated heterocycles. The molecule has 0 radical (unpaired) electrons. The van der Waals surface area contributed by atoms with E-state index in [0.29, 0.717) is 5.56 Å². The summed E-state index contributed by atoms with van der Waals surface area (Å²) in [5, 5.41) is 8.84. The summed E-state index contributed by atoms with van der Waals surface area (Å²) in [5.41, 5.74) is 1.93. The molecule has 0 unspecified atom stereocenters. The molecular weight excluding hydrogens is 184 g/mol. The summed E-state index contributed by atoms with van der Waals surface area (Å²) in [4.78, 5) is 2.22. The molecule has 0 bridgehead atoms. The van der Waals surface area contributed by atoms with Gasteiger partial charge in [-0.2, -0.15) is 5.26 Å². The SMILES string of the molecule is CCC(C)(C)N(C)c1cccc(C#N)c1. The van der Waals surface area contributed by atoms with Gasteiger partial charge in [-0.3, -0.25) is 0 Å². The number of anilines is 1. The van der Waals surface area contributed by atoms with E-state index in [1.165, 1.54) is 0 Å². The summed E-state index contributed by atoms with van der Waals surface area (Å²) >= 11 is 0. The molecule has 0 fully saturated rings. The van der Waals surface area contributed by atoms with Gasteiger partial charge < -0.3 is 4.90 Å². The van der Waals surface area contributed by atoms with Crippen molar-refractivity contribution >= 4 is 5.69 Å². The lowest BCUT2D eigenvalue weighted by Gasteiger charge is -2.36. The topological polar surface area (TPSA) is 27.0 Å². The Labute approximate surface area is 92.1 Å². The van der Waals surface area contributed by atoms with Gasteiger partial charge in [-0.1, -0.05) is 13.0 Å². The molecule has 0 aliphatic heterocycles. The van der Waals surface area contributed by atoms with Crippen LogP contribution in [0.2, 0.25) is 0 Å². The van der Waals surface area contributed by atoms with Crippen LogP contribution >= 0.6 is 0 Å². The number of benzene rings is 1. The second-order valence-corrected chi connectivity index (χ2v) is 4.39. The van der Waals surface area contributed by atoms with Crippen molar-refractivity contribution < 1.29 is 0 Å². The third-order valence-corrected chi connectivity index (χ3v) is 3.14. The third kappa shape index (κ3) is 2.50. The van der Waals surface area contributed by atoms with Crippen LogP contribution in [0.25, 0.3) is 0 Å². The van der Waals surface area contributed by atoms with Gasteiger partial charge in [0.1, 0.15) is 0 Å². The van der Waals surface area contributed by atoms with Gasteiger partial charge in [0, 0.05) is 18.3 Å². The molecule has 0 aliphatic rings. The summed E-state index contributed by atoms with van der Waals surface area (Å²) in [5.74, 6) is 0. The van der Waals surface area contributed by atoms with Crippen LogP contribution in [0.5, 0.6) is 0 Å². The minimum atomic E-state index is 0.119. The summed E-state index contributed by atoms with van der Waals surface area (Å²) in [7, 11) is 2.07. The number of nitriles is 1. The Morgan fingerprint density at radius 1 is 1.40 bits per heavy atom. The lowest BCUT2D eigenvalue weighted by atomic mass is 9.99. The number of rotatable bonds is 3. The molecule has 0 heterocycles. The molecule has 1 aromatic rings. The average molecular weight is 202 g/mol. The van der Waals surface area contributed by atoms with Crippen molar-refractivity contribution in [2.24, 2.45) is 0 Å². The molecule has 0 spiro atoms. The standard InChI is InChI=1S/C13H18N2/c1-5-13(2,3)15(4)12-8-6-7-11(9-12)10-14/h6-9H,5H2,1-4H3. The van der Waals surface area contributed by atoms with Crippen molar-refractivity contribution in [3.05, 3.63) is 29.8 Å². The van der Waals surface area contributed by atoms with Crippen LogP contribution in [0.4, 0.5) is 5.69 Å². The first-order chi connectivity index (χ1) is 7.01. The molecule has 15 heavy (non-hydrogen) atoms. The van der Waals surface area contributed by atoms with E-state index in [9.17, 15) is 0 Å². The van der Waals surface area contributed by atoms with Crippen molar-refractivity contribution in [3.63, 3.8) is 0 Å². The molecule has 0 saturated carbocycles. The van der Waals surface area contributed by atoms with E-state index in [-0.39, 0.29) is 5.54 Å². The van der Waals surface area contributed by atoms with Crippen LogP contribution in [0.15, 0.2) is 24.3 Å². The van der Waals surface area contributed by atoms with E-state index in [4.69, 9.17) is 5.26 Å². The smallest absolute Gasteiger partial charge is 0.0992 e. The van der Waals surface area contributed by atoms with Crippen molar-refractivity contribution in [1.29, 1.82) is 5.26 Å². The Morgan fingerprint density at radius 2 is 2.07 bits per heavy atom. The Kier molecular flexibility index (Phi) is 3.36. The van der Waals surface area contributed by atoms with E-state index in [0.717, 1.165) is 12.1 Å². The molecule has 0 aliphatic carbocycles. The van der Waals surface area contributed by atoms with Crippen LogP contribution in [0.3, 0.4) is 0 Å². The zero-order chi connectivity index (χ0) is 11.5. The minimum Gasteiger partial charge on any atom is -0.369 e. The van der Waals surface area contributed by atoms with Crippen LogP contribution in [0.1, 0.15) is 32.8 Å². The normalized spacial score (nSPS) is 10.9. The Bertz CT molecular complexity index is 374. The Hall–Kier alpha value is -1.49. The number of nitrogens with zero attached hydrogens (tertiary/aromatic N) is 2. The molecule has 80 valence electrons. The van der Waals surface area contributed by atoms with Crippen molar-refractivity contribution in [3.8, 4) is 6.07 Å². The maximum Gasteiger partial charge on any atom is 0.0992 e. The first-order valence-corrected chi connectivity index (χ1v) is 5.25. The molecule has 2 nitrogen and oxygen atoms in total. The predicted octanol–water partition coefficient (Wildman–Crippen LogP) is 3.18. The third-order valence-electron chi connectivity index (χ3n) is 3.14. The lowest BCUT2D eigenvalue weighted by Crippen LogP contribution is -2.40. The molecule has 1 rings (SSSR count). The molecular formula is C13H18N2. The van der Waals surface area contributed by atoms with Crippen LogP contribution in [-0.4, -0.2) is 12.6 Å². The van der Waals surface area contributed by atoms with Gasteiger partial charge in [-0.05, 0) is 38.5 Å². The largest absolute Gasteiger partial charge is 0.369 e. The highest BCUT2D eigenvalue weighted by molar-refractivity contribution is 5.52. The van der Waals surface area contributed by atoms with E-state index in [1.54, 1.807) is 0 Å². The zero-order valence-electron chi connectivity index (χ0n) is 9.91. The van der Waals surface area contributed by atoms with E-state index < -0.39 is 0 Å². The van der Waals surface area contributed by atoms with E-state index in [2.05, 4.69) is 38.8 Å². The second-order valence-electron chi connectivity index (χ2n) is 4.39. The van der Waals surface area contributed by atoms with Crippen molar-refractivity contribution in [1.82, 2.24) is 0 Å². The molecule has 0 atom stereocenters. The van der Waals surface area contributed by atoms with Gasteiger partial charge in [0.2, 0.25) is 0 Å². The van der Waals surface area contributed by atoms with Gasteiger partial charge in [0.05, 0.1) is 11.6 Å². The minimum absolute atomic E-state index is 0.119. The maximum atomic E-state index is 8.84. The van der Waals surface area contributed by atoms with Crippen LogP contribution in [-0.2, 0) is 0 Å². The first-order valence-electron chi connectivity index (χ1n) is 5.25. The van der Waals surface area contributed by atoms with Crippen molar-refractivity contribution in [2.45, 2.75) is 32.7 Å². The summed E-state index contributed by atoms with van der Waals surface area (Å²) in [6.07, 6.45) is 1.07. The highest BCUT2D eigenvalue weighted by atomic mass is 15.2. The molecule has 0 aromatic heterocycles. The summed E-state index contributed by atoms with van der Waals surface area (Å²) in [6.45, 7) is 6.57. The Balaban J connectivity index is 3.02. The Morgan fingerprint density at radius 3 is 2.60 bits per heavy atom. The van der Waals surface area contributed by atoms with Crippen LogP contribution < -0.4 is 4.90 Å². The summed E-state index contributed by atoms with van der Waals surface area (Å²) in [6, 6.07) is 9.89. The predicted molar refractivity (Wildman–Crippen MR) is 63.9 cm³/mol. The van der Waals surface area contributed by atoms with Gasteiger partial charge in [-0.25, -0.2) is 0 Å². The van der Waals surface area contributed by atoms with E-state index in [1.807, 2.05) is 24.3 Å². The number of hydrogen-bond donors (Lipinski definition) is 0. The molecule has 1 aromatic carbocycles. The second kappa shape index (κ2) is 4.35. The highest BCUT2D eigenvalue weighted by Gasteiger charge is 2.21. The fraction of sp³-hybridized carbons (Fsp3) is 0.462. The number of hydrogen-bond acceptors (Lipinski definition) is 2. The van der Waals surface area contributed by atoms with Gasteiger partial charge >= 0.3 is 0 Å². The quantitative estimate of drug-likeness (QED) is 0.752. The lowest BCUT2D eigenvalue weighted by molar-refractivity contribution is 0.471. The fourth-order valence-electron chi connectivity index (χ4n) is 1.37. The summed E-state index contributed by atoms with van der Waals surface area (Å²) < 4.78 is 0. The monoisotopic (exact) mass is 202 g/mol. The maximum absolute atomic E-state index is 8.84. The molecule has 0 amide bonds. The highest BCUT2D eigenvalue weighted by Crippen LogP contribution is 2.25. The first kappa shape index (κ1) is 11.6. The van der Waals surface area contributed by atoms with Gasteiger partial charge in [0.25, 0.3) is 0 Å². The van der Waals surface area contributed by atoms with Gasteiger partial charge in [-0.15, -0.1) is 0 Å². The van der Waals surface area contributed by atoms with Crippen molar-refractivity contribution in [2.75, 3.05) is 11.9 Å². The van der Waals surface area contributed by atoms with E-state index >= 15 is 0 Å². The van der Waals surface area contributed by atoms with Gasteiger partial charge in [0.15, 0.2) is 0 Å². The van der Waals surface area contributed by atoms with Crippen LogP contribution in [0, 0.1) is 11.3 Å².